The van der Waals surface area contributed by atoms with Gasteiger partial charge in [0.1, 0.15) is 18.0 Å². The van der Waals surface area contributed by atoms with E-state index in [1.807, 2.05) is 0 Å². The lowest BCUT2D eigenvalue weighted by atomic mass is 10.1. The number of nitrogens with two attached hydrogens (primary N) is 1. The quantitative estimate of drug-likeness (QED) is 0.687. The molecule has 1 aromatic carbocycles. The number of carbonyl (C=O) groups excluding carboxylic acids is 1. The molecule has 0 radical (unpaired) electrons. The minimum Gasteiger partial charge on any atom is -0.506 e. The maximum Gasteiger partial charge on any atom is 0.326 e. The van der Waals surface area contributed by atoms with E-state index in [0.717, 1.165) is 6.07 Å². The number of aromatic hydroxyl groups is 1. The lowest BCUT2D eigenvalue weighted by Gasteiger charge is -2.18. The maximum absolute atomic E-state index is 14.8. The maximum atomic E-state index is 14.8. The van der Waals surface area contributed by atoms with E-state index in [9.17, 15) is 22.7 Å². The average molecular weight is 341 g/mol. The van der Waals surface area contributed by atoms with Crippen LogP contribution in [0.2, 0.25) is 0 Å². The summed E-state index contributed by atoms with van der Waals surface area (Å²) in [6.45, 7) is -0.624. The Kier molecular flexibility index (Phi) is 3.18. The van der Waals surface area contributed by atoms with E-state index in [2.05, 4.69) is 4.98 Å². The van der Waals surface area contributed by atoms with Gasteiger partial charge in [-0.3, -0.25) is 4.79 Å². The highest BCUT2D eigenvalue weighted by atomic mass is 32.2. The SMILES string of the molecule is Cn1cc(-c2ccc(O)c(N3CC(=O)NS3(=O)=O)c2F)nc1N. The number of amides is 1. The third-order valence-corrected chi connectivity index (χ3v) is 4.73. The van der Waals surface area contributed by atoms with Crippen LogP contribution in [0, 0.1) is 5.82 Å². The number of carbonyl (C=O) groups is 1. The van der Waals surface area contributed by atoms with Crippen LogP contribution in [0.1, 0.15) is 0 Å². The molecule has 0 saturated carbocycles. The van der Waals surface area contributed by atoms with Crippen molar-refractivity contribution in [2.75, 3.05) is 16.6 Å². The van der Waals surface area contributed by atoms with E-state index in [4.69, 9.17) is 5.73 Å². The van der Waals surface area contributed by atoms with E-state index in [1.165, 1.54) is 16.8 Å². The molecule has 1 aliphatic heterocycles. The monoisotopic (exact) mass is 341 g/mol. The topological polar surface area (TPSA) is 131 Å². The molecule has 0 bridgehead atoms. The normalized spacial score (nSPS) is 16.6. The van der Waals surface area contributed by atoms with Crippen molar-refractivity contribution in [1.29, 1.82) is 0 Å². The highest BCUT2D eigenvalue weighted by Gasteiger charge is 2.38. The molecule has 2 heterocycles. The molecule has 1 amide bonds. The number of nitrogens with one attached hydrogen (secondary N) is 1. The zero-order valence-electron chi connectivity index (χ0n) is 11.8. The molecule has 122 valence electrons. The molecule has 1 fully saturated rings. The summed E-state index contributed by atoms with van der Waals surface area (Å²) in [6.07, 6.45) is 1.45. The molecule has 1 aliphatic rings. The number of aromatic nitrogens is 2. The van der Waals surface area contributed by atoms with Crippen molar-refractivity contribution in [2.45, 2.75) is 0 Å². The van der Waals surface area contributed by atoms with Gasteiger partial charge >= 0.3 is 10.2 Å². The summed E-state index contributed by atoms with van der Waals surface area (Å²) in [6, 6.07) is 2.37. The van der Waals surface area contributed by atoms with Crippen LogP contribution >= 0.6 is 0 Å². The van der Waals surface area contributed by atoms with Gasteiger partial charge in [0.05, 0.1) is 5.69 Å². The Morgan fingerprint density at radius 3 is 2.65 bits per heavy atom. The van der Waals surface area contributed by atoms with Crippen LogP contribution in [0.4, 0.5) is 16.0 Å². The van der Waals surface area contributed by atoms with Crippen LogP contribution in [0.5, 0.6) is 5.75 Å². The van der Waals surface area contributed by atoms with Crippen molar-refractivity contribution in [3.8, 4) is 17.0 Å². The second-order valence-electron chi connectivity index (χ2n) is 4.93. The molecule has 4 N–H and O–H groups in total. The number of rotatable bonds is 2. The molecule has 0 spiro atoms. The molecule has 11 heteroatoms. The number of aryl methyl sites for hydroxylation is 1. The smallest absolute Gasteiger partial charge is 0.326 e. The number of benzene rings is 1. The Hall–Kier alpha value is -2.82. The summed E-state index contributed by atoms with van der Waals surface area (Å²) >= 11 is 0. The second-order valence-corrected chi connectivity index (χ2v) is 6.52. The van der Waals surface area contributed by atoms with Gasteiger partial charge in [0, 0.05) is 18.8 Å². The van der Waals surface area contributed by atoms with Gasteiger partial charge in [-0.25, -0.2) is 18.4 Å². The van der Waals surface area contributed by atoms with Crippen LogP contribution in [-0.4, -0.2) is 35.5 Å². The Balaban J connectivity index is 2.19. The van der Waals surface area contributed by atoms with Gasteiger partial charge in [-0.1, -0.05) is 0 Å². The summed E-state index contributed by atoms with van der Waals surface area (Å²) in [4.78, 5) is 15.3. The molecule has 1 saturated heterocycles. The number of halogens is 1. The van der Waals surface area contributed by atoms with Gasteiger partial charge in [0.15, 0.2) is 11.8 Å². The predicted molar refractivity (Wildman–Crippen MR) is 79.1 cm³/mol. The standard InChI is InChI=1S/C12H12FN5O4S/c1-17-4-7(15-12(17)14)6-2-3-8(19)11(10(6)13)18-5-9(20)16-23(18,21)22/h2-4,19H,5H2,1H3,(H2,14,15)(H,16,20). The van der Waals surface area contributed by atoms with Crippen molar-refractivity contribution in [3.63, 3.8) is 0 Å². The van der Waals surface area contributed by atoms with Crippen molar-refractivity contribution < 1.29 is 22.7 Å². The zero-order valence-corrected chi connectivity index (χ0v) is 12.6. The van der Waals surface area contributed by atoms with E-state index in [-0.39, 0.29) is 17.2 Å². The summed E-state index contributed by atoms with van der Waals surface area (Å²) in [5.74, 6) is -2.32. The van der Waals surface area contributed by atoms with Crippen LogP contribution in [0.3, 0.4) is 0 Å². The number of hydrogen-bond donors (Lipinski definition) is 3. The van der Waals surface area contributed by atoms with Gasteiger partial charge < -0.3 is 15.4 Å². The number of anilines is 2. The predicted octanol–water partition coefficient (Wildman–Crippen LogP) is -0.305. The fraction of sp³-hybridized carbons (Fsp3) is 0.167. The molecule has 9 nitrogen and oxygen atoms in total. The van der Waals surface area contributed by atoms with E-state index in [0.29, 0.717) is 4.31 Å². The van der Waals surface area contributed by atoms with Crippen molar-refractivity contribution in [3.05, 3.63) is 24.1 Å². The molecule has 23 heavy (non-hydrogen) atoms. The molecule has 0 atom stereocenters. The van der Waals surface area contributed by atoms with Crippen molar-refractivity contribution >= 4 is 27.8 Å². The van der Waals surface area contributed by atoms with Crippen LogP contribution in [0.25, 0.3) is 11.3 Å². The first-order valence-electron chi connectivity index (χ1n) is 6.34. The highest BCUT2D eigenvalue weighted by molar-refractivity contribution is 7.92. The van der Waals surface area contributed by atoms with Crippen molar-refractivity contribution in [2.24, 2.45) is 7.05 Å². The molecule has 2 aromatic rings. The number of hydrogen-bond acceptors (Lipinski definition) is 6. The highest BCUT2D eigenvalue weighted by Crippen LogP contribution is 2.38. The molecule has 3 rings (SSSR count). The van der Waals surface area contributed by atoms with Gasteiger partial charge in [0.2, 0.25) is 0 Å². The third-order valence-electron chi connectivity index (χ3n) is 3.35. The molecular weight excluding hydrogens is 329 g/mol. The van der Waals surface area contributed by atoms with Gasteiger partial charge in [0.25, 0.3) is 5.91 Å². The summed E-state index contributed by atoms with van der Waals surface area (Å²) in [7, 11) is -2.64. The number of nitrogen functional groups attached to an aromatic ring is 1. The first kappa shape index (κ1) is 15.1. The molecule has 0 aliphatic carbocycles. The van der Waals surface area contributed by atoms with E-state index < -0.39 is 39.9 Å². The van der Waals surface area contributed by atoms with E-state index in [1.54, 1.807) is 11.8 Å². The number of imidazole rings is 1. The molecular formula is C12H12FN5O4S. The van der Waals surface area contributed by atoms with Gasteiger partial charge in [-0.2, -0.15) is 8.42 Å². The first-order valence-corrected chi connectivity index (χ1v) is 7.78. The minimum atomic E-state index is -4.25. The van der Waals surface area contributed by atoms with Gasteiger partial charge in [-0.05, 0) is 12.1 Å². The minimum absolute atomic E-state index is 0.0559. The Bertz CT molecular complexity index is 904. The lowest BCUT2D eigenvalue weighted by molar-refractivity contribution is -0.117. The molecule has 0 unspecified atom stereocenters. The van der Waals surface area contributed by atoms with Crippen LogP contribution in [0.15, 0.2) is 18.3 Å². The summed E-state index contributed by atoms with van der Waals surface area (Å²) in [5.41, 5.74) is 5.09. The summed E-state index contributed by atoms with van der Waals surface area (Å²) in [5, 5.41) is 9.87. The number of phenolic OH excluding ortho intramolecular Hbond substituents is 1. The van der Waals surface area contributed by atoms with Crippen LogP contribution < -0.4 is 14.8 Å². The fourth-order valence-corrected chi connectivity index (χ4v) is 3.41. The number of nitrogens with zero attached hydrogens (tertiary/aromatic N) is 3. The summed E-state index contributed by atoms with van der Waals surface area (Å²) < 4.78 is 42.1. The second kappa shape index (κ2) is 4.84. The largest absolute Gasteiger partial charge is 0.506 e. The lowest BCUT2D eigenvalue weighted by Crippen LogP contribution is -2.30. The van der Waals surface area contributed by atoms with Gasteiger partial charge in [-0.15, -0.1) is 0 Å². The number of phenols is 1. The van der Waals surface area contributed by atoms with Crippen LogP contribution in [-0.2, 0) is 22.1 Å². The zero-order chi connectivity index (χ0) is 16.9. The Morgan fingerprint density at radius 1 is 1.43 bits per heavy atom. The first-order chi connectivity index (χ1) is 10.7. The average Bonchev–Trinajstić information content (AvgIpc) is 2.89. The van der Waals surface area contributed by atoms with E-state index >= 15 is 0 Å². The third kappa shape index (κ3) is 2.34. The Morgan fingerprint density at radius 2 is 2.13 bits per heavy atom. The van der Waals surface area contributed by atoms with Crippen molar-refractivity contribution in [1.82, 2.24) is 14.3 Å². The Labute approximate surface area is 130 Å². The fourth-order valence-electron chi connectivity index (χ4n) is 2.25. The molecule has 1 aromatic heterocycles.